The van der Waals surface area contributed by atoms with Gasteiger partial charge in [-0.1, -0.05) is 0 Å². The topological polar surface area (TPSA) is 102 Å². The normalized spacial score (nSPS) is 11.5. The van der Waals surface area contributed by atoms with Crippen molar-refractivity contribution in [1.82, 2.24) is 5.32 Å². The molecule has 0 aromatic rings. The number of carbonyl (C=O) groups is 3. The van der Waals surface area contributed by atoms with Crippen molar-refractivity contribution >= 4 is 30.7 Å². The van der Waals surface area contributed by atoms with Gasteiger partial charge in [-0.15, -0.1) is 0 Å². The lowest BCUT2D eigenvalue weighted by molar-refractivity contribution is -0.139. The van der Waals surface area contributed by atoms with Gasteiger partial charge in [0.2, 0.25) is 0 Å². The molecule has 0 aromatic heterocycles. The summed E-state index contributed by atoms with van der Waals surface area (Å²) in [5.41, 5.74) is -0.635. The van der Waals surface area contributed by atoms with Crippen LogP contribution < -0.4 is 5.32 Å². The number of thiol groups is 1. The summed E-state index contributed by atoms with van der Waals surface area (Å²) in [4.78, 5) is 31.2. The highest BCUT2D eigenvalue weighted by Crippen LogP contribution is 2.06. The molecule has 0 radical (unpaired) electrons. The van der Waals surface area contributed by atoms with E-state index < -0.39 is 23.7 Å². The number of esters is 1. The minimum Gasteiger partial charge on any atom is -0.480 e. The molecule has 0 saturated heterocycles. The molecule has 0 spiro atoms. The maximum absolute atomic E-state index is 11.1. The summed E-state index contributed by atoms with van der Waals surface area (Å²) in [6.07, 6.45) is -0.751. The number of rotatable bonds is 3. The summed E-state index contributed by atoms with van der Waals surface area (Å²) in [5, 5.41) is 10.8. The summed E-state index contributed by atoms with van der Waals surface area (Å²) in [7, 11) is 1.35. The highest BCUT2D eigenvalue weighted by atomic mass is 32.1. The molecule has 0 saturated carbocycles. The number of hydrogen-bond donors (Lipinski definition) is 3. The van der Waals surface area contributed by atoms with Crippen molar-refractivity contribution in [2.75, 3.05) is 12.9 Å². The van der Waals surface area contributed by atoms with Crippen LogP contribution in [-0.2, 0) is 19.1 Å². The fourth-order valence-electron chi connectivity index (χ4n) is 0.635. The van der Waals surface area contributed by atoms with Crippen LogP contribution in [-0.4, -0.2) is 47.6 Å². The molecule has 19 heavy (non-hydrogen) atoms. The molecule has 1 atom stereocenters. The quantitative estimate of drug-likeness (QED) is 0.532. The maximum Gasteiger partial charge on any atom is 0.408 e. The summed E-state index contributed by atoms with van der Waals surface area (Å²) in [6.45, 7) is 6.45. The first-order chi connectivity index (χ1) is 8.53. The van der Waals surface area contributed by atoms with Crippen LogP contribution in [0.3, 0.4) is 0 Å². The SMILES string of the molecule is CC(C)(C)OC(=O)N[C@@H](CS)C(=O)O.COC(C)=O. The van der Waals surface area contributed by atoms with E-state index in [1.807, 2.05) is 0 Å². The van der Waals surface area contributed by atoms with Gasteiger partial charge in [-0.05, 0) is 20.8 Å². The zero-order valence-electron chi connectivity index (χ0n) is 11.7. The Kier molecular flexibility index (Phi) is 9.93. The molecule has 0 unspecified atom stereocenters. The smallest absolute Gasteiger partial charge is 0.408 e. The van der Waals surface area contributed by atoms with Crippen LogP contribution >= 0.6 is 12.6 Å². The number of ether oxygens (including phenoxy) is 2. The molecule has 0 rings (SSSR count). The third-order valence-electron chi connectivity index (χ3n) is 1.46. The Morgan fingerprint density at radius 1 is 1.32 bits per heavy atom. The summed E-state index contributed by atoms with van der Waals surface area (Å²) in [6, 6.07) is -1.02. The molecule has 0 aliphatic carbocycles. The Hall–Kier alpha value is -1.44. The summed E-state index contributed by atoms with van der Waals surface area (Å²) in [5.74, 6) is -1.36. The van der Waals surface area contributed by atoms with Crippen molar-refractivity contribution in [2.45, 2.75) is 39.3 Å². The van der Waals surface area contributed by atoms with E-state index in [2.05, 4.69) is 22.7 Å². The minimum atomic E-state index is -1.13. The third-order valence-corrected chi connectivity index (χ3v) is 1.82. The Balaban J connectivity index is 0. The minimum absolute atomic E-state index is 0.0224. The van der Waals surface area contributed by atoms with E-state index in [-0.39, 0.29) is 11.7 Å². The van der Waals surface area contributed by atoms with Crippen LogP contribution in [0.4, 0.5) is 4.79 Å². The van der Waals surface area contributed by atoms with Crippen LogP contribution in [0.15, 0.2) is 0 Å². The molecule has 0 heterocycles. The summed E-state index contributed by atoms with van der Waals surface area (Å²) >= 11 is 3.79. The first kappa shape index (κ1) is 19.9. The summed E-state index contributed by atoms with van der Waals surface area (Å²) < 4.78 is 8.98. The fourth-order valence-corrected chi connectivity index (χ4v) is 0.883. The molecule has 7 nitrogen and oxygen atoms in total. The second-order valence-electron chi connectivity index (χ2n) is 4.42. The molecule has 0 aliphatic rings. The highest BCUT2D eigenvalue weighted by molar-refractivity contribution is 7.80. The number of alkyl carbamates (subject to hydrolysis) is 1. The van der Waals surface area contributed by atoms with Crippen molar-refractivity contribution in [2.24, 2.45) is 0 Å². The number of nitrogens with one attached hydrogen (secondary N) is 1. The highest BCUT2D eigenvalue weighted by Gasteiger charge is 2.22. The average molecular weight is 295 g/mol. The number of carbonyl (C=O) groups excluding carboxylic acids is 2. The number of hydrogen-bond acceptors (Lipinski definition) is 6. The Bertz CT molecular complexity index is 313. The molecule has 2 N–H and O–H groups in total. The van der Waals surface area contributed by atoms with E-state index >= 15 is 0 Å². The van der Waals surface area contributed by atoms with E-state index in [0.29, 0.717) is 0 Å². The molecule has 0 fully saturated rings. The van der Waals surface area contributed by atoms with Gasteiger partial charge in [0, 0.05) is 12.7 Å². The van der Waals surface area contributed by atoms with Gasteiger partial charge < -0.3 is 19.9 Å². The second-order valence-corrected chi connectivity index (χ2v) is 4.78. The molecule has 112 valence electrons. The van der Waals surface area contributed by atoms with Crippen LogP contribution in [0.1, 0.15) is 27.7 Å². The van der Waals surface area contributed by atoms with Gasteiger partial charge in [-0.3, -0.25) is 4.79 Å². The lowest BCUT2D eigenvalue weighted by atomic mass is 10.2. The van der Waals surface area contributed by atoms with Gasteiger partial charge in [0.05, 0.1) is 7.11 Å². The number of carboxylic acids is 1. The van der Waals surface area contributed by atoms with Gasteiger partial charge in [0.15, 0.2) is 0 Å². The first-order valence-corrected chi connectivity index (χ1v) is 6.04. The fraction of sp³-hybridized carbons (Fsp3) is 0.727. The number of aliphatic carboxylic acids is 1. The number of methoxy groups -OCH3 is 1. The molecule has 1 amide bonds. The van der Waals surface area contributed by atoms with E-state index in [1.54, 1.807) is 20.8 Å². The molecule has 8 heteroatoms. The molecule has 0 bridgehead atoms. The molecular formula is C11H21NO6S. The van der Waals surface area contributed by atoms with Crippen molar-refractivity contribution < 1.29 is 29.0 Å². The van der Waals surface area contributed by atoms with E-state index in [9.17, 15) is 14.4 Å². The van der Waals surface area contributed by atoms with Crippen LogP contribution in [0.5, 0.6) is 0 Å². The van der Waals surface area contributed by atoms with Gasteiger partial charge >= 0.3 is 18.0 Å². The van der Waals surface area contributed by atoms with E-state index in [0.717, 1.165) is 0 Å². The van der Waals surface area contributed by atoms with Crippen molar-refractivity contribution in [3.05, 3.63) is 0 Å². The van der Waals surface area contributed by atoms with Gasteiger partial charge in [-0.25, -0.2) is 9.59 Å². The zero-order valence-corrected chi connectivity index (χ0v) is 12.6. The molecule has 0 aliphatic heterocycles. The zero-order chi connectivity index (χ0) is 15.6. The lowest BCUT2D eigenvalue weighted by Crippen LogP contribution is -2.44. The second kappa shape index (κ2) is 9.48. The third kappa shape index (κ3) is 14.5. The number of amides is 1. The number of carboxylic acid groups (broad SMARTS) is 1. The van der Waals surface area contributed by atoms with Crippen molar-refractivity contribution in [3.63, 3.8) is 0 Å². The molecular weight excluding hydrogens is 274 g/mol. The maximum atomic E-state index is 11.1. The van der Waals surface area contributed by atoms with Crippen LogP contribution in [0.2, 0.25) is 0 Å². The van der Waals surface area contributed by atoms with E-state index in [4.69, 9.17) is 9.84 Å². The monoisotopic (exact) mass is 295 g/mol. The van der Waals surface area contributed by atoms with Gasteiger partial charge in [0.25, 0.3) is 0 Å². The largest absolute Gasteiger partial charge is 0.480 e. The predicted octanol–water partition coefficient (Wildman–Crippen LogP) is 1.07. The standard InChI is InChI=1S/C8H15NO4S.C3H6O2/c1-8(2,3)13-7(12)9-5(4-14)6(10)11;1-3(4)5-2/h5,14H,4H2,1-3H3,(H,9,12)(H,10,11);1-2H3/t5-;/m0./s1. The average Bonchev–Trinajstić information content (AvgIpc) is 2.23. The predicted molar refractivity (Wildman–Crippen MR) is 72.3 cm³/mol. The van der Waals surface area contributed by atoms with Crippen molar-refractivity contribution in [3.8, 4) is 0 Å². The Morgan fingerprint density at radius 3 is 1.95 bits per heavy atom. The Morgan fingerprint density at radius 2 is 1.74 bits per heavy atom. The molecule has 0 aromatic carbocycles. The van der Waals surface area contributed by atoms with Gasteiger partial charge in [0.1, 0.15) is 11.6 Å². The van der Waals surface area contributed by atoms with E-state index in [1.165, 1.54) is 14.0 Å². The van der Waals surface area contributed by atoms with Crippen LogP contribution in [0.25, 0.3) is 0 Å². The van der Waals surface area contributed by atoms with Crippen molar-refractivity contribution in [1.29, 1.82) is 0 Å². The van der Waals surface area contributed by atoms with Crippen LogP contribution in [0, 0.1) is 0 Å². The lowest BCUT2D eigenvalue weighted by Gasteiger charge is -2.21. The first-order valence-electron chi connectivity index (χ1n) is 5.41. The Labute approximate surface area is 118 Å². The van der Waals surface area contributed by atoms with Gasteiger partial charge in [-0.2, -0.15) is 12.6 Å².